The second kappa shape index (κ2) is 14.6. The van der Waals surface area contributed by atoms with Crippen LogP contribution < -0.4 is 0 Å². The van der Waals surface area contributed by atoms with Gasteiger partial charge in [0.1, 0.15) is 11.1 Å². The monoisotopic (exact) mass is 794 g/mol. The molecule has 12 aromatic rings. The molecule has 0 fully saturated rings. The fourth-order valence-electron chi connectivity index (χ4n) is 8.55. The number of nitrogens with zero attached hydrogens (tertiary/aromatic N) is 6. The number of aromatic nitrogens is 6. The number of hydrogen-bond acceptors (Lipinski definition) is 6. The van der Waals surface area contributed by atoms with E-state index in [-0.39, 0.29) is 0 Å². The highest BCUT2D eigenvalue weighted by Gasteiger charge is 2.25. The number of benzene rings is 8. The van der Waals surface area contributed by atoms with Crippen LogP contribution in [-0.2, 0) is 0 Å². The van der Waals surface area contributed by atoms with E-state index in [0.717, 1.165) is 94.1 Å². The van der Waals surface area contributed by atoms with Gasteiger partial charge in [0, 0.05) is 49.4 Å². The average molecular weight is 795 g/mol. The lowest BCUT2D eigenvalue weighted by Gasteiger charge is -2.12. The van der Waals surface area contributed by atoms with Crippen LogP contribution in [0.1, 0.15) is 0 Å². The third-order valence-corrected chi connectivity index (χ3v) is 11.5. The molecule has 290 valence electrons. The highest BCUT2D eigenvalue weighted by Crippen LogP contribution is 2.45. The molecule has 0 aliphatic carbocycles. The van der Waals surface area contributed by atoms with Crippen molar-refractivity contribution in [3.05, 3.63) is 206 Å². The van der Waals surface area contributed by atoms with Crippen molar-refractivity contribution in [2.45, 2.75) is 0 Å². The lowest BCUT2D eigenvalue weighted by atomic mass is 9.95. The first kappa shape index (κ1) is 35.4. The quantitative estimate of drug-likeness (QED) is 0.160. The molecular weight excluding hydrogens is 761 g/mol. The lowest BCUT2D eigenvalue weighted by molar-refractivity contribution is 0.670. The third-order valence-electron chi connectivity index (χ3n) is 11.5. The second-order valence-corrected chi connectivity index (χ2v) is 15.3. The maximum atomic E-state index is 6.84. The number of para-hydroxylation sites is 2. The smallest absolute Gasteiger partial charge is 0.238 e. The Labute approximate surface area is 356 Å². The van der Waals surface area contributed by atoms with Gasteiger partial charge in [-0.05, 0) is 35.4 Å². The lowest BCUT2D eigenvalue weighted by Crippen LogP contribution is -2.06. The molecule has 0 atom stereocenters. The molecule has 62 heavy (non-hydrogen) atoms. The van der Waals surface area contributed by atoms with E-state index in [2.05, 4.69) is 102 Å². The molecule has 4 aromatic heterocycles. The van der Waals surface area contributed by atoms with E-state index in [1.54, 1.807) is 0 Å². The molecule has 0 N–H and O–H groups in total. The summed E-state index contributed by atoms with van der Waals surface area (Å²) in [6.07, 6.45) is 0. The van der Waals surface area contributed by atoms with Crippen molar-refractivity contribution in [3.8, 4) is 73.8 Å². The van der Waals surface area contributed by atoms with Crippen molar-refractivity contribution in [2.24, 2.45) is 0 Å². The van der Waals surface area contributed by atoms with Crippen LogP contribution in [0.2, 0.25) is 0 Å². The Hall–Kier alpha value is -8.55. The molecule has 0 radical (unpaired) electrons. The summed E-state index contributed by atoms with van der Waals surface area (Å²) in [4.78, 5) is 25.6. The maximum absolute atomic E-state index is 6.84. The van der Waals surface area contributed by atoms with Gasteiger partial charge < -0.3 is 4.42 Å². The fourth-order valence-corrected chi connectivity index (χ4v) is 8.55. The first-order valence-electron chi connectivity index (χ1n) is 20.6. The van der Waals surface area contributed by atoms with Crippen molar-refractivity contribution in [3.63, 3.8) is 0 Å². The van der Waals surface area contributed by atoms with Crippen LogP contribution >= 0.6 is 0 Å². The molecule has 0 aliphatic heterocycles. The van der Waals surface area contributed by atoms with E-state index in [9.17, 15) is 0 Å². The zero-order chi connectivity index (χ0) is 41.0. The van der Waals surface area contributed by atoms with Crippen LogP contribution in [-0.4, -0.2) is 29.5 Å². The van der Waals surface area contributed by atoms with Crippen LogP contribution in [0.15, 0.2) is 211 Å². The zero-order valence-electron chi connectivity index (χ0n) is 33.2. The van der Waals surface area contributed by atoms with Crippen molar-refractivity contribution < 1.29 is 4.42 Å². The van der Waals surface area contributed by atoms with E-state index in [1.165, 1.54) is 0 Å². The predicted octanol–water partition coefficient (Wildman–Crippen LogP) is 13.7. The summed E-state index contributed by atoms with van der Waals surface area (Å²) in [5, 5.41) is 4.14. The number of rotatable bonds is 7. The summed E-state index contributed by atoms with van der Waals surface area (Å²) >= 11 is 0. The van der Waals surface area contributed by atoms with Gasteiger partial charge in [-0.25, -0.2) is 15.0 Å². The number of fused-ring (bicyclic) bond motifs is 7. The Bertz CT molecular complexity index is 3490. The van der Waals surface area contributed by atoms with Gasteiger partial charge in [-0.3, -0.25) is 4.57 Å². The maximum Gasteiger partial charge on any atom is 0.238 e. The minimum Gasteiger partial charge on any atom is -0.454 e. The van der Waals surface area contributed by atoms with E-state index in [0.29, 0.717) is 23.4 Å². The summed E-state index contributed by atoms with van der Waals surface area (Å²) in [6.45, 7) is 0. The average Bonchev–Trinajstić information content (AvgIpc) is 3.91. The van der Waals surface area contributed by atoms with Crippen molar-refractivity contribution in [1.82, 2.24) is 29.5 Å². The van der Waals surface area contributed by atoms with E-state index in [1.807, 2.05) is 109 Å². The SMILES string of the molecule is c1ccc(-c2cc(-c3ccc(-c4cc5c6ccccc6oc5c5c4c4ccccc4n5-c4nc(-c5ccccc5)nc(-c5ccccc5)n4)cc3)nc(-c3ccccc3)n2)cc1. The molecule has 0 amide bonds. The second-order valence-electron chi connectivity index (χ2n) is 15.3. The van der Waals surface area contributed by atoms with Crippen LogP contribution in [0.3, 0.4) is 0 Å². The molecule has 7 heteroatoms. The van der Waals surface area contributed by atoms with Gasteiger partial charge in [0.2, 0.25) is 5.95 Å². The van der Waals surface area contributed by atoms with Gasteiger partial charge in [0.05, 0.1) is 16.9 Å². The summed E-state index contributed by atoms with van der Waals surface area (Å²) in [5.74, 6) is 2.36. The van der Waals surface area contributed by atoms with Gasteiger partial charge >= 0.3 is 0 Å². The minimum absolute atomic E-state index is 0.505. The van der Waals surface area contributed by atoms with Gasteiger partial charge in [-0.1, -0.05) is 182 Å². The molecule has 12 rings (SSSR count). The number of furan rings is 1. The molecule has 0 unspecified atom stereocenters. The molecule has 4 heterocycles. The molecule has 8 aromatic carbocycles. The molecule has 0 bridgehead atoms. The van der Waals surface area contributed by atoms with Crippen molar-refractivity contribution in [2.75, 3.05) is 0 Å². The Morgan fingerprint density at radius 2 is 0.823 bits per heavy atom. The third kappa shape index (κ3) is 6.02. The topological polar surface area (TPSA) is 82.5 Å². The molecular formula is C55H34N6O. The standard InChI is InChI=1S/C55H34N6O/c1-5-17-36(18-6-1)45-34-46(57-52(56-45)38-19-7-2-8-20-38)37-31-29-35(30-32-37)43-33-44-41-25-14-16-28-48(41)62-51(44)50-49(43)42-26-13-15-27-47(42)61(50)55-59-53(39-21-9-3-10-22-39)58-54(60-55)40-23-11-4-12-24-40/h1-34H. The summed E-state index contributed by atoms with van der Waals surface area (Å²) in [6, 6.07) is 70.3. The molecule has 0 aliphatic rings. The molecule has 7 nitrogen and oxygen atoms in total. The first-order chi connectivity index (χ1) is 30.7. The minimum atomic E-state index is 0.505. The van der Waals surface area contributed by atoms with Gasteiger partial charge in [0.15, 0.2) is 23.1 Å². The van der Waals surface area contributed by atoms with Gasteiger partial charge in [0.25, 0.3) is 0 Å². The van der Waals surface area contributed by atoms with Crippen molar-refractivity contribution >= 4 is 43.7 Å². The summed E-state index contributed by atoms with van der Waals surface area (Å²) < 4.78 is 9.00. The Morgan fingerprint density at radius 3 is 1.42 bits per heavy atom. The first-order valence-corrected chi connectivity index (χ1v) is 20.6. The summed E-state index contributed by atoms with van der Waals surface area (Å²) in [7, 11) is 0. The van der Waals surface area contributed by atoms with Crippen LogP contribution in [0, 0.1) is 0 Å². The van der Waals surface area contributed by atoms with Crippen molar-refractivity contribution in [1.29, 1.82) is 0 Å². The van der Waals surface area contributed by atoms with Crippen LogP contribution in [0.5, 0.6) is 0 Å². The van der Waals surface area contributed by atoms with E-state index >= 15 is 0 Å². The van der Waals surface area contributed by atoms with Crippen LogP contribution in [0.4, 0.5) is 0 Å². The van der Waals surface area contributed by atoms with Gasteiger partial charge in [-0.2, -0.15) is 9.97 Å². The van der Waals surface area contributed by atoms with Crippen LogP contribution in [0.25, 0.3) is 117 Å². The zero-order valence-corrected chi connectivity index (χ0v) is 33.2. The molecule has 0 saturated heterocycles. The fraction of sp³-hybridized carbons (Fsp3) is 0. The Kier molecular flexibility index (Phi) is 8.35. The number of hydrogen-bond donors (Lipinski definition) is 0. The normalized spacial score (nSPS) is 11.5. The van der Waals surface area contributed by atoms with Gasteiger partial charge in [-0.15, -0.1) is 0 Å². The Balaban J connectivity index is 1.10. The largest absolute Gasteiger partial charge is 0.454 e. The highest BCUT2D eigenvalue weighted by atomic mass is 16.3. The predicted molar refractivity (Wildman–Crippen MR) is 250 cm³/mol. The molecule has 0 saturated carbocycles. The summed E-state index contributed by atoms with van der Waals surface area (Å²) in [5.41, 5.74) is 12.1. The van der Waals surface area contributed by atoms with E-state index in [4.69, 9.17) is 29.3 Å². The highest BCUT2D eigenvalue weighted by molar-refractivity contribution is 6.26. The molecule has 0 spiro atoms. The van der Waals surface area contributed by atoms with E-state index < -0.39 is 0 Å². The Morgan fingerprint density at radius 1 is 0.355 bits per heavy atom.